The van der Waals surface area contributed by atoms with Gasteiger partial charge in [0.15, 0.2) is 0 Å². The molecule has 0 amide bonds. The minimum absolute atomic E-state index is 0.571. The molecule has 0 aliphatic carbocycles. The lowest BCUT2D eigenvalue weighted by molar-refractivity contribution is 0.904. The van der Waals surface area contributed by atoms with Crippen LogP contribution in [-0.2, 0) is 0 Å². The maximum Gasteiger partial charge on any atom is 0.103 e. The molecule has 0 N–H and O–H groups in total. The van der Waals surface area contributed by atoms with Crippen LogP contribution in [0.4, 0.5) is 0 Å². The van der Waals surface area contributed by atoms with Gasteiger partial charge < -0.3 is 0 Å². The summed E-state index contributed by atoms with van der Waals surface area (Å²) in [6.07, 6.45) is 4.54. The molecule has 110 valence electrons. The van der Waals surface area contributed by atoms with Crippen molar-refractivity contribution in [3.63, 3.8) is 0 Å². The van der Waals surface area contributed by atoms with E-state index in [1.54, 1.807) is 5.20 Å². The summed E-state index contributed by atoms with van der Waals surface area (Å²) in [5.41, 5.74) is 2.67. The zero-order valence-corrected chi connectivity index (χ0v) is 16.2. The highest BCUT2D eigenvalue weighted by molar-refractivity contribution is 6.96. The molecule has 0 nitrogen and oxygen atoms in total. The maximum atomic E-state index is 2.67. The van der Waals surface area contributed by atoms with Crippen LogP contribution in [0.15, 0.2) is 53.4 Å². The second-order valence-electron chi connectivity index (χ2n) is 7.25. The lowest BCUT2D eigenvalue weighted by atomic mass is 10.1. The maximum absolute atomic E-state index is 2.67. The van der Waals surface area contributed by atoms with E-state index in [0.29, 0.717) is 5.92 Å². The van der Waals surface area contributed by atoms with Gasteiger partial charge in [0.1, 0.15) is 8.07 Å². The Morgan fingerprint density at radius 2 is 1.55 bits per heavy atom. The van der Waals surface area contributed by atoms with E-state index in [0.717, 1.165) is 0 Å². The van der Waals surface area contributed by atoms with E-state index in [1.807, 2.05) is 0 Å². The predicted molar refractivity (Wildman–Crippen MR) is 99.0 cm³/mol. The van der Waals surface area contributed by atoms with Crippen LogP contribution in [-0.4, -0.2) is 16.1 Å². The summed E-state index contributed by atoms with van der Waals surface area (Å²) < 4.78 is 0. The number of hydrogen-bond donors (Lipinski definition) is 0. The summed E-state index contributed by atoms with van der Waals surface area (Å²) in [4.78, 5) is 0. The van der Waals surface area contributed by atoms with Crippen LogP contribution in [0.2, 0.25) is 32.7 Å². The summed E-state index contributed by atoms with van der Waals surface area (Å²) >= 11 is 0. The fourth-order valence-electron chi connectivity index (χ4n) is 2.76. The highest BCUT2D eigenvalue weighted by Gasteiger charge is 2.28. The molecular weight excluding hydrogens is 272 g/mol. The Hall–Kier alpha value is -0.866. The molecule has 1 aromatic carbocycles. The highest BCUT2D eigenvalue weighted by Crippen LogP contribution is 2.26. The van der Waals surface area contributed by atoms with Gasteiger partial charge >= 0.3 is 0 Å². The van der Waals surface area contributed by atoms with Gasteiger partial charge in [-0.15, -0.1) is 0 Å². The normalized spacial score (nSPS) is 15.7. The average molecular weight is 303 g/mol. The Morgan fingerprint density at radius 3 is 2.00 bits per heavy atom. The average Bonchev–Trinajstić information content (AvgIpc) is 2.36. The minimum atomic E-state index is -1.51. The lowest BCUT2D eigenvalue weighted by Crippen LogP contribution is -2.42. The SMILES string of the molecule is C/C=C/C(C)/C(=C\[Si](C)(C)c1ccccc1)[Si](C)(C)C. The summed E-state index contributed by atoms with van der Waals surface area (Å²) in [5.74, 6) is 0.571. The quantitative estimate of drug-likeness (QED) is 0.521. The third-order valence-corrected chi connectivity index (χ3v) is 9.35. The van der Waals surface area contributed by atoms with Gasteiger partial charge in [-0.1, -0.05) is 98.2 Å². The number of hydrogen-bond acceptors (Lipinski definition) is 0. The zero-order chi connectivity index (χ0) is 15.4. The Morgan fingerprint density at radius 1 is 1.00 bits per heavy atom. The monoisotopic (exact) mass is 302 g/mol. The van der Waals surface area contributed by atoms with Crippen molar-refractivity contribution < 1.29 is 0 Å². The molecule has 0 aromatic heterocycles. The number of benzene rings is 1. The molecule has 1 atom stereocenters. The van der Waals surface area contributed by atoms with E-state index in [1.165, 1.54) is 5.19 Å². The third-order valence-electron chi connectivity index (χ3n) is 3.87. The van der Waals surface area contributed by atoms with Gasteiger partial charge in [-0.05, 0) is 12.8 Å². The van der Waals surface area contributed by atoms with E-state index in [-0.39, 0.29) is 0 Å². The van der Waals surface area contributed by atoms with Crippen molar-refractivity contribution in [2.45, 2.75) is 46.6 Å². The lowest BCUT2D eigenvalue weighted by Gasteiger charge is -2.30. The van der Waals surface area contributed by atoms with Crippen LogP contribution >= 0.6 is 0 Å². The first-order valence-electron chi connectivity index (χ1n) is 7.60. The second-order valence-corrected chi connectivity index (χ2v) is 16.6. The first-order chi connectivity index (χ1) is 9.18. The minimum Gasteiger partial charge on any atom is -0.0943 e. The van der Waals surface area contributed by atoms with E-state index in [9.17, 15) is 0 Å². The van der Waals surface area contributed by atoms with Crippen LogP contribution in [0.3, 0.4) is 0 Å². The number of allylic oxidation sites excluding steroid dienone is 3. The third kappa shape index (κ3) is 4.60. The highest BCUT2D eigenvalue weighted by atomic mass is 28.3. The van der Waals surface area contributed by atoms with Gasteiger partial charge in [-0.3, -0.25) is 0 Å². The molecule has 0 aliphatic rings. The molecule has 1 unspecified atom stereocenters. The first kappa shape index (κ1) is 17.2. The van der Waals surface area contributed by atoms with Crippen LogP contribution in [0.1, 0.15) is 13.8 Å². The van der Waals surface area contributed by atoms with Crippen molar-refractivity contribution in [1.82, 2.24) is 0 Å². The topological polar surface area (TPSA) is 0 Å². The Balaban J connectivity index is 3.26. The molecule has 1 aromatic rings. The second kappa shape index (κ2) is 6.73. The molecule has 0 saturated heterocycles. The number of rotatable bonds is 5. The largest absolute Gasteiger partial charge is 0.103 e. The van der Waals surface area contributed by atoms with Crippen LogP contribution in [0.5, 0.6) is 0 Å². The first-order valence-corrected chi connectivity index (χ1v) is 14.2. The smallest absolute Gasteiger partial charge is 0.0943 e. The van der Waals surface area contributed by atoms with E-state index >= 15 is 0 Å². The fraction of sp³-hybridized carbons (Fsp3) is 0.444. The van der Waals surface area contributed by atoms with E-state index < -0.39 is 16.1 Å². The van der Waals surface area contributed by atoms with Crippen molar-refractivity contribution in [2.75, 3.05) is 0 Å². The summed E-state index contributed by atoms with van der Waals surface area (Å²) in [6, 6.07) is 11.0. The molecule has 2 heteroatoms. The van der Waals surface area contributed by atoms with Crippen molar-refractivity contribution in [1.29, 1.82) is 0 Å². The van der Waals surface area contributed by atoms with Crippen LogP contribution in [0.25, 0.3) is 0 Å². The van der Waals surface area contributed by atoms with Crippen LogP contribution in [0, 0.1) is 5.92 Å². The van der Waals surface area contributed by atoms with Gasteiger partial charge in [-0.25, -0.2) is 0 Å². The summed E-state index contributed by atoms with van der Waals surface area (Å²) in [5, 5.41) is 3.24. The van der Waals surface area contributed by atoms with Crippen molar-refractivity contribution in [2.24, 2.45) is 5.92 Å². The molecule has 20 heavy (non-hydrogen) atoms. The standard InChI is InChI=1S/C18H30Si2/c1-8-12-16(2)18(19(3,4)5)15-20(6,7)17-13-10-9-11-14-17/h8-16H,1-7H3/b12-8+,18-15+. The molecule has 0 fully saturated rings. The predicted octanol–water partition coefficient (Wildman–Crippen LogP) is 5.16. The molecular formula is C18H30Si2. The van der Waals surface area contributed by atoms with E-state index in [4.69, 9.17) is 0 Å². The molecule has 0 radical (unpaired) electrons. The van der Waals surface area contributed by atoms with Crippen molar-refractivity contribution in [3.8, 4) is 0 Å². The van der Waals surface area contributed by atoms with Gasteiger partial charge in [0.25, 0.3) is 0 Å². The Kier molecular flexibility index (Phi) is 5.78. The molecule has 0 bridgehead atoms. The molecule has 0 saturated carbocycles. The molecule has 1 rings (SSSR count). The van der Waals surface area contributed by atoms with E-state index in [2.05, 4.69) is 94.8 Å². The molecule has 0 heterocycles. The molecule has 0 aliphatic heterocycles. The molecule has 0 spiro atoms. The van der Waals surface area contributed by atoms with Gasteiger partial charge in [0.2, 0.25) is 0 Å². The Labute approximate surface area is 127 Å². The van der Waals surface area contributed by atoms with Crippen molar-refractivity contribution in [3.05, 3.63) is 53.4 Å². The summed E-state index contributed by atoms with van der Waals surface area (Å²) in [6.45, 7) is 16.8. The van der Waals surface area contributed by atoms with Crippen molar-refractivity contribution >= 4 is 21.3 Å². The Bertz CT molecular complexity index is 476. The van der Waals surface area contributed by atoms with Crippen LogP contribution < -0.4 is 5.19 Å². The van der Waals surface area contributed by atoms with Gasteiger partial charge in [-0.2, -0.15) is 0 Å². The van der Waals surface area contributed by atoms with Gasteiger partial charge in [0.05, 0.1) is 8.07 Å². The fourth-order valence-corrected chi connectivity index (χ4v) is 9.30. The van der Waals surface area contributed by atoms with Gasteiger partial charge in [0, 0.05) is 0 Å². The zero-order valence-electron chi connectivity index (χ0n) is 14.2. The summed E-state index contributed by atoms with van der Waals surface area (Å²) in [7, 11) is -2.79.